The Morgan fingerprint density at radius 3 is 2.15 bits per heavy atom. The second-order valence-electron chi connectivity index (χ2n) is 11.4. The number of carbonyl (C=O) groups is 2. The molecule has 9 nitrogen and oxygen atoms in total. The van der Waals surface area contributed by atoms with E-state index in [9.17, 15) is 38.1 Å². The van der Waals surface area contributed by atoms with Crippen molar-refractivity contribution in [2.24, 2.45) is 0 Å². The number of alkyl halides is 3. The largest absolute Gasteiger partial charge is 0.573 e. The first-order chi connectivity index (χ1) is 22.9. The highest BCUT2D eigenvalue weighted by atomic mass is 19.4. The van der Waals surface area contributed by atoms with Crippen LogP contribution in [0.2, 0.25) is 0 Å². The van der Waals surface area contributed by atoms with Crippen LogP contribution in [0.15, 0.2) is 91.0 Å². The molecule has 0 radical (unpaired) electrons. The van der Waals surface area contributed by atoms with Gasteiger partial charge in [0, 0.05) is 36.8 Å². The van der Waals surface area contributed by atoms with Crippen LogP contribution in [0, 0.1) is 0 Å². The molecule has 4 aromatic carbocycles. The summed E-state index contributed by atoms with van der Waals surface area (Å²) in [6, 6.07) is 24.4. The lowest BCUT2D eigenvalue weighted by molar-refractivity contribution is -0.274. The lowest BCUT2D eigenvalue weighted by Gasteiger charge is -2.18. The van der Waals surface area contributed by atoms with Crippen LogP contribution in [0.3, 0.4) is 0 Å². The fourth-order valence-electron chi connectivity index (χ4n) is 4.98. The first kappa shape index (κ1) is 35.9. The second kappa shape index (κ2) is 16.8. The molecule has 4 aromatic rings. The summed E-state index contributed by atoms with van der Waals surface area (Å²) in [6.07, 6.45) is -4.73. The van der Waals surface area contributed by atoms with Crippen LogP contribution < -0.4 is 20.7 Å². The van der Waals surface area contributed by atoms with Crippen molar-refractivity contribution in [1.29, 1.82) is 0 Å². The van der Waals surface area contributed by atoms with Crippen molar-refractivity contribution in [2.45, 2.75) is 58.0 Å². The number of rotatable bonds is 15. The van der Waals surface area contributed by atoms with Crippen molar-refractivity contribution in [1.82, 2.24) is 16.0 Å². The third-order valence-electron chi connectivity index (χ3n) is 7.53. The Morgan fingerprint density at radius 1 is 0.833 bits per heavy atom. The van der Waals surface area contributed by atoms with Crippen molar-refractivity contribution in [3.63, 3.8) is 0 Å². The molecule has 0 bridgehead atoms. The van der Waals surface area contributed by atoms with Crippen LogP contribution >= 0.6 is 0 Å². The third kappa shape index (κ3) is 11.4. The van der Waals surface area contributed by atoms with Gasteiger partial charge in [-0.2, -0.15) is 0 Å². The summed E-state index contributed by atoms with van der Waals surface area (Å²) >= 11 is 0. The molecule has 0 spiro atoms. The van der Waals surface area contributed by atoms with Gasteiger partial charge in [-0.25, -0.2) is 0 Å². The number of hydrogen-bond donors (Lipinski definition) is 6. The molecule has 6 N–H and O–H groups in total. The molecule has 0 aliphatic heterocycles. The number of halogens is 3. The maximum absolute atomic E-state index is 12.7. The molecule has 4 rings (SSSR count). The van der Waals surface area contributed by atoms with Crippen LogP contribution in [0.1, 0.15) is 56.8 Å². The van der Waals surface area contributed by atoms with Crippen LogP contribution in [0.25, 0.3) is 0 Å². The molecular weight excluding hydrogens is 627 g/mol. The van der Waals surface area contributed by atoms with Gasteiger partial charge in [0.05, 0.1) is 19.1 Å². The summed E-state index contributed by atoms with van der Waals surface area (Å²) in [5, 5.41) is 38.5. The van der Waals surface area contributed by atoms with Gasteiger partial charge in [0.1, 0.15) is 11.5 Å². The average molecular weight is 666 g/mol. The van der Waals surface area contributed by atoms with E-state index in [1.807, 2.05) is 31.2 Å². The Labute approximate surface area is 276 Å². The Bertz CT molecular complexity index is 1660. The number of phenols is 1. The van der Waals surface area contributed by atoms with E-state index >= 15 is 0 Å². The van der Waals surface area contributed by atoms with Gasteiger partial charge < -0.3 is 36.0 Å². The normalized spacial score (nSPS) is 12.6. The van der Waals surface area contributed by atoms with Crippen molar-refractivity contribution in [2.75, 3.05) is 6.54 Å². The van der Waals surface area contributed by atoms with E-state index in [4.69, 9.17) is 0 Å². The van der Waals surface area contributed by atoms with Crippen LogP contribution in [0.4, 0.5) is 13.2 Å². The Kier molecular flexibility index (Phi) is 12.6. The minimum atomic E-state index is -4.77. The number of ether oxygens (including phenoxy) is 1. The molecular formula is C36H38F3N3O6. The van der Waals surface area contributed by atoms with E-state index in [0.29, 0.717) is 28.7 Å². The van der Waals surface area contributed by atoms with E-state index < -0.39 is 12.5 Å². The minimum absolute atomic E-state index is 0.0196. The Balaban J connectivity index is 1.18. The van der Waals surface area contributed by atoms with Gasteiger partial charge in [0.15, 0.2) is 0 Å². The maximum atomic E-state index is 12.7. The van der Waals surface area contributed by atoms with Crippen LogP contribution in [-0.2, 0) is 37.3 Å². The van der Waals surface area contributed by atoms with Crippen LogP contribution in [-0.4, -0.2) is 46.1 Å². The topological polar surface area (TPSA) is 140 Å². The zero-order chi connectivity index (χ0) is 34.7. The van der Waals surface area contributed by atoms with E-state index in [1.54, 1.807) is 36.4 Å². The number of benzene rings is 4. The van der Waals surface area contributed by atoms with E-state index in [2.05, 4.69) is 20.7 Å². The first-order valence-corrected chi connectivity index (χ1v) is 15.3. The molecule has 0 aliphatic rings. The van der Waals surface area contributed by atoms with Crippen molar-refractivity contribution >= 4 is 11.8 Å². The molecule has 0 saturated heterocycles. The summed E-state index contributed by atoms with van der Waals surface area (Å²) in [4.78, 5) is 25.2. The molecule has 0 aliphatic carbocycles. The predicted molar refractivity (Wildman–Crippen MR) is 173 cm³/mol. The molecule has 48 heavy (non-hydrogen) atoms. The molecule has 0 fully saturated rings. The van der Waals surface area contributed by atoms with E-state index in [-0.39, 0.29) is 62.0 Å². The van der Waals surface area contributed by atoms with Crippen LogP contribution in [0.5, 0.6) is 11.5 Å². The first-order valence-electron chi connectivity index (χ1n) is 15.3. The summed E-state index contributed by atoms with van der Waals surface area (Å²) in [7, 11) is 0. The highest BCUT2D eigenvalue weighted by Gasteiger charge is 2.31. The van der Waals surface area contributed by atoms with Crippen molar-refractivity contribution in [3.8, 4) is 11.5 Å². The standard InChI is InChI=1S/C36H38F3N3O6/c1-23(40-21-33(45)29-11-14-32(44)30(18-29)22-43)15-26-3-2-4-27(16-26)17-34(46)41-19-24-5-9-28(10-6-24)35(47)42-20-25-7-12-31(13-8-25)48-36(37,38)39/h2-14,16,18,23,33,40,43-45H,15,17,19-22H2,1H3,(H,41,46)(H,42,47)/t23-,33+/m1/s1. The molecule has 0 heterocycles. The fourth-order valence-corrected chi connectivity index (χ4v) is 4.98. The fraction of sp³-hybridized carbons (Fsp3) is 0.278. The van der Waals surface area contributed by atoms with Gasteiger partial charge in [0.2, 0.25) is 5.91 Å². The monoisotopic (exact) mass is 665 g/mol. The lowest BCUT2D eigenvalue weighted by Crippen LogP contribution is -2.32. The second-order valence-corrected chi connectivity index (χ2v) is 11.4. The average Bonchev–Trinajstić information content (AvgIpc) is 3.05. The molecule has 2 atom stereocenters. The number of nitrogens with one attached hydrogen (secondary N) is 3. The summed E-state index contributed by atoms with van der Waals surface area (Å²) in [6.45, 7) is 2.35. The highest BCUT2D eigenvalue weighted by Crippen LogP contribution is 2.24. The van der Waals surface area contributed by atoms with Gasteiger partial charge in [0.25, 0.3) is 5.91 Å². The number of hydrogen-bond acceptors (Lipinski definition) is 7. The Hall–Kier alpha value is -4.91. The van der Waals surface area contributed by atoms with E-state index in [0.717, 1.165) is 16.7 Å². The minimum Gasteiger partial charge on any atom is -0.508 e. The highest BCUT2D eigenvalue weighted by molar-refractivity contribution is 5.94. The number of aliphatic hydroxyl groups excluding tert-OH is 2. The zero-order valence-electron chi connectivity index (χ0n) is 26.3. The van der Waals surface area contributed by atoms with E-state index in [1.165, 1.54) is 30.3 Å². The summed E-state index contributed by atoms with van der Waals surface area (Å²) in [5.74, 6) is -0.871. The number of carbonyl (C=O) groups excluding carboxylic acids is 2. The molecule has 2 amide bonds. The zero-order valence-corrected chi connectivity index (χ0v) is 26.3. The van der Waals surface area contributed by atoms with Gasteiger partial charge in [-0.1, -0.05) is 54.6 Å². The van der Waals surface area contributed by atoms with Gasteiger partial charge >= 0.3 is 6.36 Å². The number of amides is 2. The molecule has 12 heteroatoms. The number of aliphatic hydroxyl groups is 2. The number of aromatic hydroxyl groups is 1. The quantitative estimate of drug-likeness (QED) is 0.107. The van der Waals surface area contributed by atoms with Crippen molar-refractivity contribution in [3.05, 3.63) is 130 Å². The Morgan fingerprint density at radius 2 is 1.48 bits per heavy atom. The third-order valence-corrected chi connectivity index (χ3v) is 7.53. The van der Waals surface area contributed by atoms with Gasteiger partial charge in [-0.3, -0.25) is 9.59 Å². The summed E-state index contributed by atoms with van der Waals surface area (Å²) in [5.41, 5.74) is 4.63. The lowest BCUT2D eigenvalue weighted by atomic mass is 10.0. The predicted octanol–water partition coefficient (Wildman–Crippen LogP) is 4.83. The smallest absolute Gasteiger partial charge is 0.508 e. The van der Waals surface area contributed by atoms with Gasteiger partial charge in [-0.15, -0.1) is 13.2 Å². The molecule has 0 unspecified atom stereocenters. The molecule has 254 valence electrons. The summed E-state index contributed by atoms with van der Waals surface area (Å²) < 4.78 is 40.8. The van der Waals surface area contributed by atoms with Gasteiger partial charge in [-0.05, 0) is 77.6 Å². The van der Waals surface area contributed by atoms with Crippen molar-refractivity contribution < 1.29 is 42.8 Å². The SMILES string of the molecule is C[C@H](Cc1cccc(CC(=O)NCc2ccc(C(=O)NCc3ccc(OC(F)(F)F)cc3)cc2)c1)NC[C@H](O)c1ccc(O)c(CO)c1. The molecule has 0 saturated carbocycles. The molecule has 0 aromatic heterocycles. The maximum Gasteiger partial charge on any atom is 0.573 e.